The third-order valence-electron chi connectivity index (χ3n) is 2.69. The zero-order valence-electron chi connectivity index (χ0n) is 9.33. The van der Waals surface area contributed by atoms with E-state index in [-0.39, 0.29) is 6.04 Å². The van der Waals surface area contributed by atoms with Crippen molar-refractivity contribution in [2.24, 2.45) is 5.73 Å². The lowest BCUT2D eigenvalue weighted by Gasteiger charge is -2.13. The van der Waals surface area contributed by atoms with Crippen molar-refractivity contribution in [3.05, 3.63) is 27.7 Å². The summed E-state index contributed by atoms with van der Waals surface area (Å²) in [6, 6.07) is 4.22. The molecular weight excluding hydrogens is 270 g/mol. The third-order valence-corrected chi connectivity index (χ3v) is 3.15. The number of halogens is 1. The Hall–Kier alpha value is -0.580. The summed E-state index contributed by atoms with van der Waals surface area (Å²) in [6.07, 6.45) is 1.77. The molecule has 0 saturated heterocycles. The minimum absolute atomic E-state index is 0.0209. The van der Waals surface area contributed by atoms with Crippen LogP contribution in [0.2, 0.25) is 0 Å². The molecule has 1 aliphatic heterocycles. The van der Waals surface area contributed by atoms with Crippen molar-refractivity contribution in [3.8, 4) is 5.75 Å². The topological polar surface area (TPSA) is 44.5 Å². The van der Waals surface area contributed by atoms with Crippen molar-refractivity contribution in [3.63, 3.8) is 0 Å². The Morgan fingerprint density at radius 3 is 3.12 bits per heavy atom. The molecule has 2 rings (SSSR count). The zero-order chi connectivity index (χ0) is 11.5. The predicted molar refractivity (Wildman–Crippen MR) is 66.9 cm³/mol. The van der Waals surface area contributed by atoms with E-state index < -0.39 is 0 Å². The lowest BCUT2D eigenvalue weighted by Crippen LogP contribution is -2.28. The lowest BCUT2D eigenvalue weighted by molar-refractivity contribution is 0.179. The van der Waals surface area contributed by atoms with Gasteiger partial charge in [-0.2, -0.15) is 0 Å². The van der Waals surface area contributed by atoms with E-state index in [0.717, 1.165) is 29.7 Å². The van der Waals surface area contributed by atoms with Crippen LogP contribution in [-0.4, -0.2) is 26.4 Å². The molecule has 0 spiro atoms. The van der Waals surface area contributed by atoms with E-state index in [9.17, 15) is 0 Å². The highest BCUT2D eigenvalue weighted by Gasteiger charge is 2.18. The molecule has 1 aliphatic rings. The molecule has 0 radical (unpaired) electrons. The molecule has 0 saturated carbocycles. The quantitative estimate of drug-likeness (QED) is 0.919. The Bertz CT molecular complexity index is 382. The summed E-state index contributed by atoms with van der Waals surface area (Å²) in [5.41, 5.74) is 8.41. The fraction of sp³-hybridized carbons (Fsp3) is 0.500. The van der Waals surface area contributed by atoms with Gasteiger partial charge < -0.3 is 15.2 Å². The fourth-order valence-corrected chi connectivity index (χ4v) is 2.61. The number of rotatable bonds is 4. The molecule has 0 fully saturated rings. The van der Waals surface area contributed by atoms with Crippen LogP contribution in [0.5, 0.6) is 5.75 Å². The largest absolute Gasteiger partial charge is 0.493 e. The van der Waals surface area contributed by atoms with Crippen LogP contribution in [0.4, 0.5) is 0 Å². The van der Waals surface area contributed by atoms with Gasteiger partial charge in [-0.05, 0) is 29.7 Å². The zero-order valence-corrected chi connectivity index (χ0v) is 10.9. The minimum Gasteiger partial charge on any atom is -0.493 e. The summed E-state index contributed by atoms with van der Waals surface area (Å²) in [6.45, 7) is 1.35. The molecule has 1 aromatic rings. The Labute approximate surface area is 104 Å². The average molecular weight is 286 g/mol. The molecule has 0 aliphatic carbocycles. The van der Waals surface area contributed by atoms with Gasteiger partial charge in [-0.25, -0.2) is 0 Å². The van der Waals surface area contributed by atoms with Crippen molar-refractivity contribution in [2.45, 2.75) is 18.9 Å². The van der Waals surface area contributed by atoms with Crippen LogP contribution in [0.3, 0.4) is 0 Å². The van der Waals surface area contributed by atoms with E-state index in [2.05, 4.69) is 28.1 Å². The Balaban J connectivity index is 2.20. The van der Waals surface area contributed by atoms with E-state index in [0.29, 0.717) is 6.61 Å². The Morgan fingerprint density at radius 2 is 2.38 bits per heavy atom. The molecule has 1 aromatic carbocycles. The normalized spacial score (nSPS) is 15.7. The van der Waals surface area contributed by atoms with Crippen LogP contribution >= 0.6 is 15.9 Å². The maximum Gasteiger partial charge on any atom is 0.125 e. The number of fused-ring (bicyclic) bond motifs is 1. The van der Waals surface area contributed by atoms with E-state index >= 15 is 0 Å². The van der Waals surface area contributed by atoms with Crippen molar-refractivity contribution < 1.29 is 9.47 Å². The molecule has 0 aromatic heterocycles. The van der Waals surface area contributed by atoms with E-state index in [1.54, 1.807) is 7.11 Å². The maximum absolute atomic E-state index is 5.96. The first-order valence-electron chi connectivity index (χ1n) is 5.39. The van der Waals surface area contributed by atoms with Gasteiger partial charge in [0.1, 0.15) is 5.75 Å². The minimum atomic E-state index is 0.0209. The van der Waals surface area contributed by atoms with Crippen molar-refractivity contribution in [1.29, 1.82) is 0 Å². The maximum atomic E-state index is 5.96. The van der Waals surface area contributed by atoms with Gasteiger partial charge >= 0.3 is 0 Å². The van der Waals surface area contributed by atoms with Gasteiger partial charge in [0.15, 0.2) is 0 Å². The van der Waals surface area contributed by atoms with Gasteiger partial charge in [0.25, 0.3) is 0 Å². The molecule has 0 bridgehead atoms. The van der Waals surface area contributed by atoms with Gasteiger partial charge in [0, 0.05) is 24.0 Å². The first-order valence-corrected chi connectivity index (χ1v) is 6.18. The second kappa shape index (κ2) is 5.17. The summed E-state index contributed by atoms with van der Waals surface area (Å²) < 4.78 is 11.8. The monoisotopic (exact) mass is 285 g/mol. The molecule has 1 atom stereocenters. The molecular formula is C12H16BrNO2. The van der Waals surface area contributed by atoms with Crippen molar-refractivity contribution in [1.82, 2.24) is 0 Å². The molecule has 0 amide bonds. The second-order valence-electron chi connectivity index (χ2n) is 4.07. The first-order chi connectivity index (χ1) is 7.70. The number of hydrogen-bond donors (Lipinski definition) is 1. The van der Waals surface area contributed by atoms with E-state index in [4.69, 9.17) is 15.2 Å². The van der Waals surface area contributed by atoms with Gasteiger partial charge in [-0.15, -0.1) is 0 Å². The van der Waals surface area contributed by atoms with Crippen LogP contribution in [0, 0.1) is 0 Å². The second-order valence-corrected chi connectivity index (χ2v) is 4.99. The highest BCUT2D eigenvalue weighted by molar-refractivity contribution is 9.10. The average Bonchev–Trinajstić information content (AvgIpc) is 2.65. The summed E-state index contributed by atoms with van der Waals surface area (Å²) in [4.78, 5) is 0. The number of methoxy groups -OCH3 is 1. The smallest absolute Gasteiger partial charge is 0.125 e. The standard InChI is InChI=1S/C12H16BrNO2/c1-15-7-11(14)6-9-5-10(13)4-8-2-3-16-12(8)9/h4-5,11H,2-3,6-7,14H2,1H3. The van der Waals surface area contributed by atoms with Gasteiger partial charge in [0.2, 0.25) is 0 Å². The fourth-order valence-electron chi connectivity index (χ4n) is 2.05. The summed E-state index contributed by atoms with van der Waals surface area (Å²) >= 11 is 3.52. The SMILES string of the molecule is COCC(N)Cc1cc(Br)cc2c1OCC2. The Kier molecular flexibility index (Phi) is 3.84. The number of nitrogens with two attached hydrogens (primary N) is 1. The highest BCUT2D eigenvalue weighted by Crippen LogP contribution is 2.33. The molecule has 2 N–H and O–H groups in total. The number of benzene rings is 1. The number of hydrogen-bond acceptors (Lipinski definition) is 3. The summed E-state index contributed by atoms with van der Waals surface area (Å²) in [5.74, 6) is 1.02. The predicted octanol–water partition coefficient (Wildman–Crippen LogP) is 1.90. The van der Waals surface area contributed by atoms with Gasteiger partial charge in [-0.1, -0.05) is 15.9 Å². The van der Waals surface area contributed by atoms with E-state index in [1.165, 1.54) is 11.1 Å². The molecule has 4 heteroatoms. The van der Waals surface area contributed by atoms with E-state index in [1.807, 2.05) is 0 Å². The first kappa shape index (κ1) is 11.9. The lowest BCUT2D eigenvalue weighted by atomic mass is 10.0. The molecule has 16 heavy (non-hydrogen) atoms. The molecule has 88 valence electrons. The molecule has 3 nitrogen and oxygen atoms in total. The molecule has 1 heterocycles. The Morgan fingerprint density at radius 1 is 1.56 bits per heavy atom. The van der Waals surface area contributed by atoms with Crippen molar-refractivity contribution in [2.75, 3.05) is 20.3 Å². The van der Waals surface area contributed by atoms with Crippen LogP contribution in [0.15, 0.2) is 16.6 Å². The van der Waals surface area contributed by atoms with Crippen molar-refractivity contribution >= 4 is 15.9 Å². The van der Waals surface area contributed by atoms with Gasteiger partial charge in [-0.3, -0.25) is 0 Å². The summed E-state index contributed by atoms with van der Waals surface area (Å²) in [5, 5.41) is 0. The van der Waals surface area contributed by atoms with Crippen LogP contribution in [0.1, 0.15) is 11.1 Å². The molecule has 1 unspecified atom stereocenters. The third kappa shape index (κ3) is 2.56. The highest BCUT2D eigenvalue weighted by atomic mass is 79.9. The van der Waals surface area contributed by atoms with Crippen LogP contribution < -0.4 is 10.5 Å². The summed E-state index contributed by atoms with van der Waals surface area (Å²) in [7, 11) is 1.67. The van der Waals surface area contributed by atoms with Crippen LogP contribution in [-0.2, 0) is 17.6 Å². The van der Waals surface area contributed by atoms with Crippen LogP contribution in [0.25, 0.3) is 0 Å². The number of ether oxygens (including phenoxy) is 2. The van der Waals surface area contributed by atoms with Gasteiger partial charge in [0.05, 0.1) is 13.2 Å².